The van der Waals surface area contributed by atoms with Gasteiger partial charge in [0, 0.05) is 17.8 Å². The van der Waals surface area contributed by atoms with Crippen LogP contribution < -0.4 is 10.1 Å². The van der Waals surface area contributed by atoms with E-state index in [-0.39, 0.29) is 29.6 Å². The summed E-state index contributed by atoms with van der Waals surface area (Å²) in [5, 5.41) is 13.4. The fourth-order valence-corrected chi connectivity index (χ4v) is 3.84. The summed E-state index contributed by atoms with van der Waals surface area (Å²) in [6.45, 7) is 0.344. The molecule has 2 atom stereocenters. The molecule has 162 valence electrons. The lowest BCUT2D eigenvalue weighted by Crippen LogP contribution is -2.52. The van der Waals surface area contributed by atoms with Gasteiger partial charge in [-0.15, -0.1) is 0 Å². The molecular formula is C23H19ClN4O4. The molecule has 1 fully saturated rings. The summed E-state index contributed by atoms with van der Waals surface area (Å²) >= 11 is 6.45. The predicted octanol–water partition coefficient (Wildman–Crippen LogP) is 3.81. The van der Waals surface area contributed by atoms with Crippen LogP contribution in [0.2, 0.25) is 5.02 Å². The molecule has 0 aliphatic carbocycles. The molecule has 0 radical (unpaired) electrons. The quantitative estimate of drug-likeness (QED) is 0.367. The van der Waals surface area contributed by atoms with Gasteiger partial charge in [-0.05, 0) is 24.3 Å². The number of fused-ring (bicyclic) bond motifs is 1. The number of hydrogen-bond acceptors (Lipinski definition) is 7. The molecule has 0 bridgehead atoms. The molecule has 0 amide bonds. The van der Waals surface area contributed by atoms with Crippen molar-refractivity contribution in [2.24, 2.45) is 0 Å². The number of hydrogen-bond donors (Lipinski definition) is 3. The maximum atomic E-state index is 13.4. The lowest BCUT2D eigenvalue weighted by atomic mass is 10.0. The van der Waals surface area contributed by atoms with E-state index in [0.717, 1.165) is 0 Å². The average Bonchev–Trinajstić information content (AvgIpc) is 3.22. The summed E-state index contributed by atoms with van der Waals surface area (Å²) in [4.78, 5) is 24.9. The normalized spacial score (nSPS) is 17.7. The van der Waals surface area contributed by atoms with Crippen LogP contribution in [0, 0.1) is 0 Å². The molecule has 4 aromatic rings. The van der Waals surface area contributed by atoms with Crippen LogP contribution in [-0.2, 0) is 4.74 Å². The van der Waals surface area contributed by atoms with Crippen LogP contribution in [0.25, 0.3) is 11.0 Å². The summed E-state index contributed by atoms with van der Waals surface area (Å²) in [5.74, 6) is 1.43. The Labute approximate surface area is 188 Å². The lowest BCUT2D eigenvalue weighted by molar-refractivity contribution is -0.0895. The number of aromatic nitrogens is 3. The minimum absolute atomic E-state index is 0.0994. The maximum absolute atomic E-state index is 13.4. The highest BCUT2D eigenvalue weighted by molar-refractivity contribution is 6.35. The van der Waals surface area contributed by atoms with E-state index in [0.29, 0.717) is 46.1 Å². The third-order valence-corrected chi connectivity index (χ3v) is 5.63. The summed E-state index contributed by atoms with van der Waals surface area (Å²) in [7, 11) is 0. The number of ketones is 1. The Bertz CT molecular complexity index is 1280. The Kier molecular flexibility index (Phi) is 5.48. The molecule has 3 heterocycles. The number of benzene rings is 2. The van der Waals surface area contributed by atoms with Crippen LogP contribution in [0.15, 0.2) is 61.1 Å². The zero-order valence-electron chi connectivity index (χ0n) is 16.8. The zero-order chi connectivity index (χ0) is 22.1. The van der Waals surface area contributed by atoms with Crippen molar-refractivity contribution in [3.8, 4) is 11.5 Å². The van der Waals surface area contributed by atoms with Gasteiger partial charge in [-0.3, -0.25) is 4.79 Å². The van der Waals surface area contributed by atoms with Gasteiger partial charge in [0.25, 0.3) is 0 Å². The number of carbonyl (C=O) groups excluding carboxylic acids is 1. The summed E-state index contributed by atoms with van der Waals surface area (Å²) in [6, 6.07) is 14.2. The Morgan fingerprint density at radius 2 is 2.03 bits per heavy atom. The van der Waals surface area contributed by atoms with Crippen LogP contribution in [0.5, 0.6) is 11.5 Å². The number of anilines is 1. The van der Waals surface area contributed by atoms with Crippen LogP contribution in [0.3, 0.4) is 0 Å². The van der Waals surface area contributed by atoms with Gasteiger partial charge in [-0.25, -0.2) is 9.97 Å². The number of rotatable bonds is 7. The van der Waals surface area contributed by atoms with E-state index in [1.54, 1.807) is 24.4 Å². The fourth-order valence-electron chi connectivity index (χ4n) is 3.58. The van der Waals surface area contributed by atoms with Crippen molar-refractivity contribution in [1.29, 1.82) is 0 Å². The molecule has 0 spiro atoms. The third-order valence-electron chi connectivity index (χ3n) is 5.32. The largest absolute Gasteiger partial charge is 0.457 e. The summed E-state index contributed by atoms with van der Waals surface area (Å²) in [6.07, 6.45) is 2.69. The number of nitrogens with one attached hydrogen (secondary N) is 2. The van der Waals surface area contributed by atoms with Gasteiger partial charge >= 0.3 is 0 Å². The molecule has 1 aliphatic heterocycles. The van der Waals surface area contributed by atoms with Gasteiger partial charge in [-0.1, -0.05) is 29.8 Å². The highest BCUT2D eigenvalue weighted by Gasteiger charge is 2.32. The predicted molar refractivity (Wildman–Crippen MR) is 120 cm³/mol. The summed E-state index contributed by atoms with van der Waals surface area (Å²) in [5.41, 5.74) is 1.25. The number of nitrogens with zero attached hydrogens (tertiary/aromatic N) is 2. The molecule has 3 N–H and O–H groups in total. The number of aliphatic hydroxyl groups excluding tert-OH is 1. The van der Waals surface area contributed by atoms with Gasteiger partial charge in [0.15, 0.2) is 5.78 Å². The van der Waals surface area contributed by atoms with E-state index in [4.69, 9.17) is 21.1 Å². The molecule has 0 saturated carbocycles. The zero-order valence-corrected chi connectivity index (χ0v) is 17.5. The Balaban J connectivity index is 1.44. The van der Waals surface area contributed by atoms with Gasteiger partial charge in [0.2, 0.25) is 0 Å². The molecule has 8 nitrogen and oxygen atoms in total. The van der Waals surface area contributed by atoms with Crippen molar-refractivity contribution < 1.29 is 19.4 Å². The van der Waals surface area contributed by atoms with Crippen molar-refractivity contribution in [3.63, 3.8) is 0 Å². The number of carbonyl (C=O) groups is 1. The minimum Gasteiger partial charge on any atom is -0.457 e. The van der Waals surface area contributed by atoms with E-state index in [2.05, 4.69) is 20.3 Å². The SMILES string of the molecule is O=C(c1ccc(Oc2ccccc2)cc1Cl)c1c[nH]c2ncnc(NC3COC3CO)c12. The van der Waals surface area contributed by atoms with Crippen LogP contribution in [-0.4, -0.2) is 51.2 Å². The van der Waals surface area contributed by atoms with Crippen LogP contribution in [0.4, 0.5) is 5.82 Å². The average molecular weight is 451 g/mol. The Morgan fingerprint density at radius 3 is 2.75 bits per heavy atom. The Hall–Kier alpha value is -3.46. The number of halogens is 1. The second-order valence-corrected chi connectivity index (χ2v) is 7.75. The topological polar surface area (TPSA) is 109 Å². The second-order valence-electron chi connectivity index (χ2n) is 7.34. The molecule has 5 rings (SSSR count). The number of ether oxygens (including phenoxy) is 2. The van der Waals surface area contributed by atoms with Crippen LogP contribution in [0.1, 0.15) is 15.9 Å². The fraction of sp³-hybridized carbons (Fsp3) is 0.174. The number of para-hydroxylation sites is 1. The van der Waals surface area contributed by atoms with Crippen molar-refractivity contribution in [2.75, 3.05) is 18.5 Å². The second kappa shape index (κ2) is 8.58. The van der Waals surface area contributed by atoms with E-state index in [1.807, 2.05) is 30.3 Å². The lowest BCUT2D eigenvalue weighted by Gasteiger charge is -2.36. The van der Waals surface area contributed by atoms with E-state index in [9.17, 15) is 9.90 Å². The molecule has 32 heavy (non-hydrogen) atoms. The van der Waals surface area contributed by atoms with Crippen molar-refractivity contribution in [1.82, 2.24) is 15.0 Å². The first-order chi connectivity index (χ1) is 15.6. The van der Waals surface area contributed by atoms with Crippen molar-refractivity contribution in [3.05, 3.63) is 77.2 Å². The third kappa shape index (κ3) is 3.80. The highest BCUT2D eigenvalue weighted by atomic mass is 35.5. The van der Waals surface area contributed by atoms with Gasteiger partial charge in [0.05, 0.1) is 35.2 Å². The molecule has 2 aromatic heterocycles. The van der Waals surface area contributed by atoms with Gasteiger partial charge in [0.1, 0.15) is 35.4 Å². The van der Waals surface area contributed by atoms with Crippen molar-refractivity contribution in [2.45, 2.75) is 12.1 Å². The van der Waals surface area contributed by atoms with Crippen molar-refractivity contribution >= 4 is 34.2 Å². The molecule has 2 unspecified atom stereocenters. The van der Waals surface area contributed by atoms with Gasteiger partial charge in [-0.2, -0.15) is 0 Å². The number of aromatic amines is 1. The molecular weight excluding hydrogens is 432 g/mol. The first kappa shape index (κ1) is 20.4. The summed E-state index contributed by atoms with van der Waals surface area (Å²) < 4.78 is 11.1. The van der Waals surface area contributed by atoms with E-state index >= 15 is 0 Å². The first-order valence-corrected chi connectivity index (χ1v) is 10.4. The molecule has 1 aliphatic rings. The minimum atomic E-state index is -0.315. The van der Waals surface area contributed by atoms with E-state index < -0.39 is 0 Å². The Morgan fingerprint density at radius 1 is 1.19 bits per heavy atom. The molecule has 2 aromatic carbocycles. The standard InChI is InChI=1S/C23H19ClN4O4/c24-17-8-14(32-13-4-2-1-3-5-13)6-7-15(17)21(30)16-9-25-22-20(16)23(27-12-26-22)28-18-11-31-19(18)10-29/h1-9,12,18-19,29H,10-11H2,(H2,25,26,27,28). The first-order valence-electron chi connectivity index (χ1n) is 10.0. The number of aliphatic hydroxyl groups is 1. The molecule has 1 saturated heterocycles. The maximum Gasteiger partial charge on any atom is 0.196 e. The van der Waals surface area contributed by atoms with Crippen LogP contribution >= 0.6 is 11.6 Å². The monoisotopic (exact) mass is 450 g/mol. The highest BCUT2D eigenvalue weighted by Crippen LogP contribution is 2.32. The van der Waals surface area contributed by atoms with Gasteiger partial charge < -0.3 is 24.9 Å². The smallest absolute Gasteiger partial charge is 0.196 e. The van der Waals surface area contributed by atoms with E-state index in [1.165, 1.54) is 6.33 Å². The number of H-pyrrole nitrogens is 1. The molecule has 9 heteroatoms.